The summed E-state index contributed by atoms with van der Waals surface area (Å²) in [4.78, 5) is 24.4. The molecule has 0 unspecified atom stereocenters. The minimum Gasteiger partial charge on any atom is -0.304 e. The molecule has 14 heavy (non-hydrogen) atoms. The average Bonchev–Trinajstić information content (AvgIpc) is 2.45. The molecule has 2 rings (SSSR count). The van der Waals surface area contributed by atoms with Crippen molar-refractivity contribution in [3.05, 3.63) is 29.3 Å². The van der Waals surface area contributed by atoms with Crippen molar-refractivity contribution in [3.63, 3.8) is 0 Å². The fourth-order valence-electron chi connectivity index (χ4n) is 1.83. The molecular formula is C11H11NO2. The third kappa shape index (κ3) is 1.13. The SMILES string of the molecule is CC(=O)N1CC(=O)c2c(C)cccc21. The van der Waals surface area contributed by atoms with E-state index in [2.05, 4.69) is 0 Å². The van der Waals surface area contributed by atoms with E-state index in [1.807, 2.05) is 25.1 Å². The predicted octanol–water partition coefficient (Wildman–Crippen LogP) is 1.54. The molecular weight excluding hydrogens is 178 g/mol. The van der Waals surface area contributed by atoms with E-state index in [-0.39, 0.29) is 18.2 Å². The van der Waals surface area contributed by atoms with Crippen molar-refractivity contribution >= 4 is 17.4 Å². The van der Waals surface area contributed by atoms with Crippen LogP contribution in [0.5, 0.6) is 0 Å². The molecule has 0 fully saturated rings. The van der Waals surface area contributed by atoms with Crippen LogP contribution in [0.25, 0.3) is 0 Å². The van der Waals surface area contributed by atoms with Crippen LogP contribution in [0.15, 0.2) is 18.2 Å². The largest absolute Gasteiger partial charge is 0.304 e. The number of Topliss-reactive ketones (excluding diaryl/α,β-unsaturated/α-hetero) is 1. The second-order valence-electron chi connectivity index (χ2n) is 3.50. The van der Waals surface area contributed by atoms with Crippen molar-refractivity contribution in [2.24, 2.45) is 0 Å². The molecule has 72 valence electrons. The van der Waals surface area contributed by atoms with E-state index in [0.717, 1.165) is 11.3 Å². The van der Waals surface area contributed by atoms with Crippen molar-refractivity contribution in [3.8, 4) is 0 Å². The number of ketones is 1. The highest BCUT2D eigenvalue weighted by Gasteiger charge is 2.29. The summed E-state index contributed by atoms with van der Waals surface area (Å²) in [6.45, 7) is 3.56. The van der Waals surface area contributed by atoms with E-state index in [1.54, 1.807) is 0 Å². The van der Waals surface area contributed by atoms with Crippen LogP contribution in [0.1, 0.15) is 22.8 Å². The van der Waals surface area contributed by atoms with Crippen LogP contribution in [-0.2, 0) is 4.79 Å². The van der Waals surface area contributed by atoms with Crippen LogP contribution in [0.4, 0.5) is 5.69 Å². The molecule has 0 aliphatic carbocycles. The first-order valence-electron chi connectivity index (χ1n) is 4.52. The van der Waals surface area contributed by atoms with Gasteiger partial charge in [0.2, 0.25) is 5.91 Å². The van der Waals surface area contributed by atoms with Crippen LogP contribution in [-0.4, -0.2) is 18.2 Å². The molecule has 1 aromatic rings. The maximum absolute atomic E-state index is 11.6. The van der Waals surface area contributed by atoms with Crippen LogP contribution < -0.4 is 4.90 Å². The maximum atomic E-state index is 11.6. The lowest BCUT2D eigenvalue weighted by molar-refractivity contribution is -0.116. The Hall–Kier alpha value is -1.64. The van der Waals surface area contributed by atoms with E-state index >= 15 is 0 Å². The summed E-state index contributed by atoms with van der Waals surface area (Å²) in [7, 11) is 0. The van der Waals surface area contributed by atoms with E-state index in [1.165, 1.54) is 11.8 Å². The molecule has 0 atom stereocenters. The lowest BCUT2D eigenvalue weighted by Crippen LogP contribution is -2.27. The zero-order valence-electron chi connectivity index (χ0n) is 8.20. The fraction of sp³-hybridized carbons (Fsp3) is 0.273. The van der Waals surface area contributed by atoms with Crippen LogP contribution in [0.2, 0.25) is 0 Å². The standard InChI is InChI=1S/C11H11NO2/c1-7-4-3-5-9-11(7)10(14)6-12(9)8(2)13/h3-5H,6H2,1-2H3. The number of hydrogen-bond acceptors (Lipinski definition) is 2. The maximum Gasteiger partial charge on any atom is 0.224 e. The molecule has 0 saturated carbocycles. The number of nitrogens with zero attached hydrogens (tertiary/aromatic N) is 1. The first-order chi connectivity index (χ1) is 6.61. The average molecular weight is 189 g/mol. The number of amides is 1. The topological polar surface area (TPSA) is 37.4 Å². The zero-order valence-corrected chi connectivity index (χ0v) is 8.20. The van der Waals surface area contributed by atoms with Gasteiger partial charge in [-0.25, -0.2) is 0 Å². The van der Waals surface area contributed by atoms with Gasteiger partial charge in [-0.1, -0.05) is 12.1 Å². The molecule has 1 aromatic carbocycles. The molecule has 1 heterocycles. The number of carbonyl (C=O) groups excluding carboxylic acids is 2. The Bertz CT molecular complexity index is 423. The van der Waals surface area contributed by atoms with Gasteiger partial charge in [0.15, 0.2) is 5.78 Å². The van der Waals surface area contributed by atoms with Gasteiger partial charge < -0.3 is 4.90 Å². The molecule has 1 aliphatic rings. The number of hydrogen-bond donors (Lipinski definition) is 0. The third-order valence-electron chi connectivity index (χ3n) is 2.50. The smallest absolute Gasteiger partial charge is 0.224 e. The number of anilines is 1. The molecule has 0 saturated heterocycles. The van der Waals surface area contributed by atoms with E-state index < -0.39 is 0 Å². The molecule has 3 heteroatoms. The van der Waals surface area contributed by atoms with Gasteiger partial charge in [0, 0.05) is 12.5 Å². The summed E-state index contributed by atoms with van der Waals surface area (Å²) in [5.74, 6) is -0.0454. The second kappa shape index (κ2) is 2.94. The van der Waals surface area contributed by atoms with Gasteiger partial charge >= 0.3 is 0 Å². The van der Waals surface area contributed by atoms with Gasteiger partial charge in [-0.05, 0) is 18.6 Å². The van der Waals surface area contributed by atoms with E-state index in [0.29, 0.717) is 5.56 Å². The normalized spacial score (nSPS) is 14.4. The molecule has 1 amide bonds. The third-order valence-corrected chi connectivity index (χ3v) is 2.50. The summed E-state index contributed by atoms with van der Waals surface area (Å²) in [6.07, 6.45) is 0. The number of fused-ring (bicyclic) bond motifs is 1. The minimum absolute atomic E-state index is 0.0355. The molecule has 0 radical (unpaired) electrons. The number of aryl methyl sites for hydroxylation is 1. The number of carbonyl (C=O) groups is 2. The Labute approximate surface area is 82.3 Å². The summed E-state index contributed by atoms with van der Waals surface area (Å²) in [5, 5.41) is 0. The Morgan fingerprint density at radius 1 is 1.43 bits per heavy atom. The van der Waals surface area contributed by atoms with E-state index in [4.69, 9.17) is 0 Å². The first-order valence-corrected chi connectivity index (χ1v) is 4.52. The Morgan fingerprint density at radius 3 is 2.79 bits per heavy atom. The molecule has 3 nitrogen and oxygen atoms in total. The highest BCUT2D eigenvalue weighted by molar-refractivity contribution is 6.15. The highest BCUT2D eigenvalue weighted by Crippen LogP contribution is 2.30. The first kappa shape index (κ1) is 8.94. The van der Waals surface area contributed by atoms with Gasteiger partial charge in [0.05, 0.1) is 12.2 Å². The fourth-order valence-corrected chi connectivity index (χ4v) is 1.83. The number of benzene rings is 1. The summed E-state index contributed by atoms with van der Waals surface area (Å²) >= 11 is 0. The van der Waals surface area contributed by atoms with Crippen molar-refractivity contribution in [2.75, 3.05) is 11.4 Å². The van der Waals surface area contributed by atoms with Gasteiger partial charge in [-0.2, -0.15) is 0 Å². The summed E-state index contributed by atoms with van der Waals surface area (Å²) < 4.78 is 0. The predicted molar refractivity (Wildman–Crippen MR) is 53.5 cm³/mol. The van der Waals surface area contributed by atoms with Gasteiger partial charge in [0.1, 0.15) is 0 Å². The quantitative estimate of drug-likeness (QED) is 0.620. The lowest BCUT2D eigenvalue weighted by Gasteiger charge is -2.13. The second-order valence-corrected chi connectivity index (χ2v) is 3.50. The van der Waals surface area contributed by atoms with Crippen molar-refractivity contribution < 1.29 is 9.59 Å². The Kier molecular flexibility index (Phi) is 1.88. The van der Waals surface area contributed by atoms with Crippen LogP contribution >= 0.6 is 0 Å². The Morgan fingerprint density at radius 2 is 2.14 bits per heavy atom. The molecule has 0 bridgehead atoms. The summed E-state index contributed by atoms with van der Waals surface area (Å²) in [6, 6.07) is 5.57. The number of rotatable bonds is 0. The monoisotopic (exact) mass is 189 g/mol. The lowest BCUT2D eigenvalue weighted by atomic mass is 10.1. The molecule has 1 aliphatic heterocycles. The van der Waals surface area contributed by atoms with Gasteiger partial charge in [-0.15, -0.1) is 0 Å². The molecule has 0 spiro atoms. The summed E-state index contributed by atoms with van der Waals surface area (Å²) in [5.41, 5.74) is 2.39. The molecule has 0 N–H and O–H groups in total. The van der Waals surface area contributed by atoms with Crippen molar-refractivity contribution in [1.29, 1.82) is 0 Å². The van der Waals surface area contributed by atoms with E-state index in [9.17, 15) is 9.59 Å². The van der Waals surface area contributed by atoms with Gasteiger partial charge in [0.25, 0.3) is 0 Å². The van der Waals surface area contributed by atoms with Crippen LogP contribution in [0, 0.1) is 6.92 Å². The zero-order chi connectivity index (χ0) is 10.3. The Balaban J connectivity index is 2.60. The molecule has 0 aromatic heterocycles. The van der Waals surface area contributed by atoms with Crippen molar-refractivity contribution in [1.82, 2.24) is 0 Å². The van der Waals surface area contributed by atoms with Crippen molar-refractivity contribution in [2.45, 2.75) is 13.8 Å². The minimum atomic E-state index is -0.0808. The highest BCUT2D eigenvalue weighted by atomic mass is 16.2. The van der Waals surface area contributed by atoms with Crippen LogP contribution in [0.3, 0.4) is 0 Å². The van der Waals surface area contributed by atoms with Gasteiger partial charge in [-0.3, -0.25) is 9.59 Å².